The van der Waals surface area contributed by atoms with Gasteiger partial charge in [-0.25, -0.2) is 0 Å². The van der Waals surface area contributed by atoms with E-state index in [1.165, 1.54) is 0 Å². The summed E-state index contributed by atoms with van der Waals surface area (Å²) in [4.78, 5) is 21.4. The van der Waals surface area contributed by atoms with E-state index in [9.17, 15) is 4.79 Å². The van der Waals surface area contributed by atoms with Crippen LogP contribution in [-0.2, 0) is 16.1 Å². The summed E-state index contributed by atoms with van der Waals surface area (Å²) >= 11 is 0. The van der Waals surface area contributed by atoms with E-state index in [1.54, 1.807) is 38.8 Å². The Morgan fingerprint density at radius 3 is 2.65 bits per heavy atom. The third-order valence-electron chi connectivity index (χ3n) is 5.28. The molecule has 1 aliphatic heterocycles. The average Bonchev–Trinajstić information content (AvgIpc) is 2.83. The molecule has 2 heterocycles. The van der Waals surface area contributed by atoms with Crippen LogP contribution in [0.1, 0.15) is 17.5 Å². The second-order valence-electron chi connectivity index (χ2n) is 7.36. The average molecular weight is 426 g/mol. The molecule has 1 aromatic carbocycles. The first-order valence-corrected chi connectivity index (χ1v) is 10.6. The van der Waals surface area contributed by atoms with Crippen molar-refractivity contribution in [2.24, 2.45) is 0 Å². The lowest BCUT2D eigenvalue weighted by Gasteiger charge is -2.28. The minimum Gasteiger partial charge on any atom is -0.497 e. The van der Waals surface area contributed by atoms with Crippen LogP contribution in [0.25, 0.3) is 6.08 Å². The summed E-state index contributed by atoms with van der Waals surface area (Å²) in [6, 6.07) is 9.40. The van der Waals surface area contributed by atoms with Crippen LogP contribution >= 0.6 is 0 Å². The Morgan fingerprint density at radius 1 is 1.16 bits per heavy atom. The number of morpholine rings is 1. The zero-order chi connectivity index (χ0) is 21.9. The van der Waals surface area contributed by atoms with Gasteiger partial charge in [0.05, 0.1) is 27.4 Å². The number of carbonyl (C=O) groups excluding carboxylic acids is 1. The fourth-order valence-corrected chi connectivity index (χ4v) is 3.52. The Labute approximate surface area is 184 Å². The van der Waals surface area contributed by atoms with E-state index < -0.39 is 0 Å². The minimum atomic E-state index is -0.0383. The number of benzene rings is 1. The molecule has 0 unspecified atom stereocenters. The minimum absolute atomic E-state index is 0.0383. The van der Waals surface area contributed by atoms with Gasteiger partial charge in [-0.15, -0.1) is 0 Å². The molecule has 7 nitrogen and oxygen atoms in total. The maximum Gasteiger partial charge on any atom is 0.246 e. The number of hydrogen-bond donors (Lipinski definition) is 0. The predicted octanol–water partition coefficient (Wildman–Crippen LogP) is 2.86. The smallest absolute Gasteiger partial charge is 0.246 e. The number of hydrogen-bond acceptors (Lipinski definition) is 6. The molecule has 1 saturated heterocycles. The topological polar surface area (TPSA) is 64.1 Å². The SMILES string of the molecule is COc1ccc(OC)c(/C=C/C(=O)N(CCCN2CCOCC2)Cc2ccncc2)c1. The van der Waals surface area contributed by atoms with Gasteiger partial charge < -0.3 is 19.1 Å². The van der Waals surface area contributed by atoms with Crippen molar-refractivity contribution < 1.29 is 19.0 Å². The normalized spacial score (nSPS) is 14.5. The maximum atomic E-state index is 13.1. The van der Waals surface area contributed by atoms with Crippen molar-refractivity contribution in [2.75, 3.05) is 53.6 Å². The molecule has 0 N–H and O–H groups in total. The van der Waals surface area contributed by atoms with Gasteiger partial charge in [0.15, 0.2) is 0 Å². The van der Waals surface area contributed by atoms with Crippen molar-refractivity contribution in [2.45, 2.75) is 13.0 Å². The van der Waals surface area contributed by atoms with E-state index in [0.717, 1.165) is 50.4 Å². The molecule has 0 aliphatic carbocycles. The van der Waals surface area contributed by atoms with Crippen molar-refractivity contribution in [1.82, 2.24) is 14.8 Å². The van der Waals surface area contributed by atoms with Gasteiger partial charge in [-0.2, -0.15) is 0 Å². The first-order valence-electron chi connectivity index (χ1n) is 10.6. The van der Waals surface area contributed by atoms with E-state index in [1.807, 2.05) is 35.2 Å². The summed E-state index contributed by atoms with van der Waals surface area (Å²) in [6.07, 6.45) is 7.80. The molecule has 1 amide bonds. The number of pyridine rings is 1. The van der Waals surface area contributed by atoms with E-state index in [-0.39, 0.29) is 5.91 Å². The molecule has 7 heteroatoms. The van der Waals surface area contributed by atoms with Gasteiger partial charge in [0.25, 0.3) is 0 Å². The number of methoxy groups -OCH3 is 2. The molecule has 0 radical (unpaired) electrons. The van der Waals surface area contributed by atoms with Crippen LogP contribution in [0.2, 0.25) is 0 Å². The number of ether oxygens (including phenoxy) is 3. The van der Waals surface area contributed by atoms with E-state index >= 15 is 0 Å². The summed E-state index contributed by atoms with van der Waals surface area (Å²) in [5.74, 6) is 1.37. The second kappa shape index (κ2) is 12.1. The number of amides is 1. The molecule has 0 bridgehead atoms. The van der Waals surface area contributed by atoms with E-state index in [0.29, 0.717) is 24.6 Å². The van der Waals surface area contributed by atoms with Gasteiger partial charge in [-0.05, 0) is 48.4 Å². The Kier molecular flexibility index (Phi) is 8.87. The molecule has 1 aliphatic rings. The molecule has 166 valence electrons. The zero-order valence-electron chi connectivity index (χ0n) is 18.3. The van der Waals surface area contributed by atoms with E-state index in [2.05, 4.69) is 9.88 Å². The molecule has 31 heavy (non-hydrogen) atoms. The Morgan fingerprint density at radius 2 is 1.94 bits per heavy atom. The highest BCUT2D eigenvalue weighted by molar-refractivity contribution is 5.92. The lowest BCUT2D eigenvalue weighted by Crippen LogP contribution is -2.38. The molecular formula is C24H31N3O4. The van der Waals surface area contributed by atoms with Gasteiger partial charge >= 0.3 is 0 Å². The largest absolute Gasteiger partial charge is 0.497 e. The Balaban J connectivity index is 1.68. The lowest BCUT2D eigenvalue weighted by molar-refractivity contribution is -0.126. The van der Waals surface area contributed by atoms with Crippen LogP contribution in [-0.4, -0.2) is 74.3 Å². The molecular weight excluding hydrogens is 394 g/mol. The summed E-state index contributed by atoms with van der Waals surface area (Å²) in [5.41, 5.74) is 1.86. The van der Waals surface area contributed by atoms with Gasteiger partial charge in [0.1, 0.15) is 11.5 Å². The van der Waals surface area contributed by atoms with Crippen molar-refractivity contribution in [1.29, 1.82) is 0 Å². The van der Waals surface area contributed by atoms with Crippen molar-refractivity contribution in [3.63, 3.8) is 0 Å². The van der Waals surface area contributed by atoms with Gasteiger partial charge in [0.2, 0.25) is 5.91 Å². The number of rotatable bonds is 10. The van der Waals surface area contributed by atoms with Crippen LogP contribution in [0, 0.1) is 0 Å². The third-order valence-corrected chi connectivity index (χ3v) is 5.28. The molecule has 0 atom stereocenters. The summed E-state index contributed by atoms with van der Waals surface area (Å²) in [7, 11) is 3.23. The number of nitrogens with zero attached hydrogens (tertiary/aromatic N) is 3. The van der Waals surface area contributed by atoms with Crippen LogP contribution in [0.5, 0.6) is 11.5 Å². The number of aromatic nitrogens is 1. The van der Waals surface area contributed by atoms with Crippen LogP contribution in [0.4, 0.5) is 0 Å². The van der Waals surface area contributed by atoms with Crippen LogP contribution in [0.3, 0.4) is 0 Å². The zero-order valence-corrected chi connectivity index (χ0v) is 18.3. The third kappa shape index (κ3) is 7.08. The van der Waals surface area contributed by atoms with Crippen molar-refractivity contribution in [3.8, 4) is 11.5 Å². The Hall–Kier alpha value is -2.90. The van der Waals surface area contributed by atoms with Gasteiger partial charge in [-0.3, -0.25) is 14.7 Å². The monoisotopic (exact) mass is 425 g/mol. The summed E-state index contributed by atoms with van der Waals surface area (Å²) in [5, 5.41) is 0. The fourth-order valence-electron chi connectivity index (χ4n) is 3.52. The van der Waals surface area contributed by atoms with Crippen LogP contribution < -0.4 is 9.47 Å². The molecule has 3 rings (SSSR count). The fraction of sp³-hybridized carbons (Fsp3) is 0.417. The molecule has 2 aromatic rings. The van der Waals surface area contributed by atoms with Crippen molar-refractivity contribution in [3.05, 3.63) is 59.9 Å². The van der Waals surface area contributed by atoms with Gasteiger partial charge in [0, 0.05) is 56.8 Å². The highest BCUT2D eigenvalue weighted by Crippen LogP contribution is 2.25. The highest BCUT2D eigenvalue weighted by Gasteiger charge is 2.14. The summed E-state index contributed by atoms with van der Waals surface area (Å²) < 4.78 is 16.1. The Bertz CT molecular complexity index is 851. The molecule has 1 aromatic heterocycles. The van der Waals surface area contributed by atoms with E-state index in [4.69, 9.17) is 14.2 Å². The lowest BCUT2D eigenvalue weighted by atomic mass is 10.1. The van der Waals surface area contributed by atoms with Crippen LogP contribution in [0.15, 0.2) is 48.8 Å². The highest BCUT2D eigenvalue weighted by atomic mass is 16.5. The summed E-state index contributed by atoms with van der Waals surface area (Å²) in [6.45, 7) is 5.65. The predicted molar refractivity (Wildman–Crippen MR) is 120 cm³/mol. The van der Waals surface area contributed by atoms with Crippen molar-refractivity contribution >= 4 is 12.0 Å². The first-order chi connectivity index (χ1) is 15.2. The number of carbonyl (C=O) groups is 1. The maximum absolute atomic E-state index is 13.1. The molecule has 0 saturated carbocycles. The second-order valence-corrected chi connectivity index (χ2v) is 7.36. The standard InChI is InChI=1S/C24H31N3O4/c1-29-22-5-6-23(30-2)21(18-22)4-7-24(28)27(19-20-8-10-25-11-9-20)13-3-12-26-14-16-31-17-15-26/h4-11,18H,3,12-17,19H2,1-2H3/b7-4+. The van der Waals surface area contributed by atoms with Gasteiger partial charge in [-0.1, -0.05) is 0 Å². The molecule has 1 fully saturated rings. The first kappa shape index (κ1) is 22.8. The molecule has 0 spiro atoms. The quantitative estimate of drug-likeness (QED) is 0.546.